The molecule has 0 spiro atoms. The Hall–Kier alpha value is -0.850. The lowest BCUT2D eigenvalue weighted by molar-refractivity contribution is -0.117. The maximum Gasteiger partial charge on any atom is 0.159 e. The van der Waals surface area contributed by atoms with E-state index in [-0.39, 0.29) is 10.8 Å². The van der Waals surface area contributed by atoms with Crippen molar-refractivity contribution in [3.05, 3.63) is 22.8 Å². The van der Waals surface area contributed by atoms with Crippen molar-refractivity contribution < 1.29 is 4.79 Å². The minimum atomic E-state index is -0.0631. The first-order chi connectivity index (χ1) is 7.27. The lowest BCUT2D eigenvalue weighted by Gasteiger charge is -2.43. The molecule has 0 amide bonds. The van der Waals surface area contributed by atoms with Gasteiger partial charge in [-0.1, -0.05) is 44.9 Å². The third-order valence-corrected chi connectivity index (χ3v) is 4.37. The minimum Gasteiger partial charge on any atom is -0.295 e. The molecule has 2 aliphatic carbocycles. The Morgan fingerprint density at radius 2 is 1.75 bits per heavy atom. The molecule has 2 aliphatic rings. The average molecular weight is 218 g/mol. The molecule has 0 heterocycles. The summed E-state index contributed by atoms with van der Waals surface area (Å²) in [5, 5.41) is 0. The average Bonchev–Trinajstić information content (AvgIpc) is 2.14. The first-order valence-corrected chi connectivity index (χ1v) is 6.24. The van der Waals surface area contributed by atoms with Crippen LogP contribution in [0.5, 0.6) is 0 Å². The molecule has 0 saturated heterocycles. The maximum atomic E-state index is 12.2. The molecule has 0 aromatic carbocycles. The summed E-state index contributed by atoms with van der Waals surface area (Å²) in [5.41, 5.74) is 3.93. The van der Waals surface area contributed by atoms with E-state index in [2.05, 4.69) is 40.7 Å². The van der Waals surface area contributed by atoms with Crippen molar-refractivity contribution in [2.24, 2.45) is 10.8 Å². The van der Waals surface area contributed by atoms with Crippen molar-refractivity contribution in [2.75, 3.05) is 0 Å². The molecule has 16 heavy (non-hydrogen) atoms. The van der Waals surface area contributed by atoms with Crippen molar-refractivity contribution >= 4 is 5.78 Å². The Kier molecular flexibility index (Phi) is 2.41. The molecule has 0 unspecified atom stereocenters. The van der Waals surface area contributed by atoms with Gasteiger partial charge in [-0.15, -0.1) is 0 Å². The highest BCUT2D eigenvalue weighted by Crippen LogP contribution is 2.51. The van der Waals surface area contributed by atoms with Crippen molar-refractivity contribution in [3.8, 4) is 0 Å². The van der Waals surface area contributed by atoms with E-state index in [1.165, 1.54) is 11.1 Å². The second-order valence-electron chi connectivity index (χ2n) is 6.30. The SMILES string of the molecule is CC1=CC(C)(C)C2=C(CCCC2=O)C1(C)C. The van der Waals surface area contributed by atoms with Gasteiger partial charge in [-0.05, 0) is 19.8 Å². The maximum absolute atomic E-state index is 12.2. The normalized spacial score (nSPS) is 27.6. The third-order valence-electron chi connectivity index (χ3n) is 4.37. The topological polar surface area (TPSA) is 17.1 Å². The largest absolute Gasteiger partial charge is 0.295 e. The monoisotopic (exact) mass is 218 g/mol. The number of carbonyl (C=O) groups is 1. The Bertz CT molecular complexity index is 405. The van der Waals surface area contributed by atoms with Crippen molar-refractivity contribution in [2.45, 2.75) is 53.9 Å². The molecule has 0 fully saturated rings. The zero-order chi connectivity index (χ0) is 12.1. The van der Waals surface area contributed by atoms with Crippen LogP contribution in [0.25, 0.3) is 0 Å². The van der Waals surface area contributed by atoms with Gasteiger partial charge in [-0.3, -0.25) is 4.79 Å². The van der Waals surface area contributed by atoms with Gasteiger partial charge in [-0.25, -0.2) is 0 Å². The molecular weight excluding hydrogens is 196 g/mol. The van der Waals surface area contributed by atoms with E-state index in [1.807, 2.05) is 0 Å². The predicted molar refractivity (Wildman–Crippen MR) is 67.2 cm³/mol. The fourth-order valence-corrected chi connectivity index (χ4v) is 3.25. The van der Waals surface area contributed by atoms with Crippen LogP contribution >= 0.6 is 0 Å². The van der Waals surface area contributed by atoms with Gasteiger partial charge in [0.1, 0.15) is 0 Å². The first kappa shape index (κ1) is 11.6. The summed E-state index contributed by atoms with van der Waals surface area (Å²) >= 11 is 0. The van der Waals surface area contributed by atoms with Crippen LogP contribution in [0.4, 0.5) is 0 Å². The number of Topliss-reactive ketones (excluding diaryl/α,β-unsaturated/α-hetero) is 1. The second-order valence-corrected chi connectivity index (χ2v) is 6.30. The molecule has 0 aromatic rings. The van der Waals surface area contributed by atoms with Gasteiger partial charge in [0.25, 0.3) is 0 Å². The molecule has 2 rings (SSSR count). The number of ketones is 1. The van der Waals surface area contributed by atoms with E-state index in [1.54, 1.807) is 0 Å². The van der Waals surface area contributed by atoms with Gasteiger partial charge in [0, 0.05) is 22.8 Å². The molecule has 0 saturated carbocycles. The van der Waals surface area contributed by atoms with E-state index in [0.29, 0.717) is 5.78 Å². The van der Waals surface area contributed by atoms with Crippen molar-refractivity contribution in [1.29, 1.82) is 0 Å². The van der Waals surface area contributed by atoms with Gasteiger partial charge < -0.3 is 0 Å². The van der Waals surface area contributed by atoms with E-state index < -0.39 is 0 Å². The number of carbonyl (C=O) groups excluding carboxylic acids is 1. The number of hydrogen-bond acceptors (Lipinski definition) is 1. The van der Waals surface area contributed by atoms with Gasteiger partial charge in [0.2, 0.25) is 0 Å². The fourth-order valence-electron chi connectivity index (χ4n) is 3.25. The highest BCUT2D eigenvalue weighted by atomic mass is 16.1. The highest BCUT2D eigenvalue weighted by Gasteiger charge is 2.42. The molecule has 0 N–H and O–H groups in total. The van der Waals surface area contributed by atoms with E-state index in [4.69, 9.17) is 0 Å². The third kappa shape index (κ3) is 1.49. The smallest absolute Gasteiger partial charge is 0.159 e. The Labute approximate surface area is 98.6 Å². The summed E-state index contributed by atoms with van der Waals surface area (Å²) in [7, 11) is 0. The molecule has 0 bridgehead atoms. The fraction of sp³-hybridized carbons (Fsp3) is 0.667. The highest BCUT2D eigenvalue weighted by molar-refractivity contribution is 5.99. The first-order valence-electron chi connectivity index (χ1n) is 6.24. The van der Waals surface area contributed by atoms with Gasteiger partial charge in [0.15, 0.2) is 5.78 Å². The molecule has 0 aliphatic heterocycles. The van der Waals surface area contributed by atoms with Gasteiger partial charge in [0.05, 0.1) is 0 Å². The van der Waals surface area contributed by atoms with Crippen LogP contribution < -0.4 is 0 Å². The second kappa shape index (κ2) is 3.32. The summed E-state index contributed by atoms with van der Waals surface area (Å²) in [6.45, 7) is 11.0. The summed E-state index contributed by atoms with van der Waals surface area (Å²) in [5.74, 6) is 0.378. The summed E-state index contributed by atoms with van der Waals surface area (Å²) < 4.78 is 0. The van der Waals surface area contributed by atoms with Crippen LogP contribution in [0.15, 0.2) is 22.8 Å². The van der Waals surface area contributed by atoms with E-state index in [0.717, 1.165) is 24.8 Å². The van der Waals surface area contributed by atoms with Crippen LogP contribution in [0.1, 0.15) is 53.9 Å². The molecular formula is C15H22O. The van der Waals surface area contributed by atoms with Crippen molar-refractivity contribution in [3.63, 3.8) is 0 Å². The van der Waals surface area contributed by atoms with E-state index in [9.17, 15) is 4.79 Å². The minimum absolute atomic E-state index is 0.0631. The Morgan fingerprint density at radius 3 is 2.38 bits per heavy atom. The number of hydrogen-bond donors (Lipinski definition) is 0. The zero-order valence-corrected chi connectivity index (χ0v) is 11.1. The zero-order valence-electron chi connectivity index (χ0n) is 11.1. The predicted octanol–water partition coefficient (Wildman–Crippen LogP) is 4.05. The molecule has 0 atom stereocenters. The molecule has 88 valence electrons. The Balaban J connectivity index is 2.64. The van der Waals surface area contributed by atoms with Gasteiger partial charge in [-0.2, -0.15) is 0 Å². The summed E-state index contributed by atoms with van der Waals surface area (Å²) in [6, 6.07) is 0. The van der Waals surface area contributed by atoms with Crippen LogP contribution in [-0.4, -0.2) is 5.78 Å². The Morgan fingerprint density at radius 1 is 1.12 bits per heavy atom. The quantitative estimate of drug-likeness (QED) is 0.561. The van der Waals surface area contributed by atoms with Crippen LogP contribution in [0, 0.1) is 10.8 Å². The molecule has 0 radical (unpaired) electrons. The molecule has 1 nitrogen and oxygen atoms in total. The molecule has 0 aromatic heterocycles. The van der Waals surface area contributed by atoms with E-state index >= 15 is 0 Å². The lowest BCUT2D eigenvalue weighted by Crippen LogP contribution is -2.35. The van der Waals surface area contributed by atoms with Gasteiger partial charge >= 0.3 is 0 Å². The summed E-state index contributed by atoms with van der Waals surface area (Å²) in [6.07, 6.45) is 5.16. The lowest BCUT2D eigenvalue weighted by atomic mass is 9.60. The number of rotatable bonds is 0. The van der Waals surface area contributed by atoms with Crippen LogP contribution in [-0.2, 0) is 4.79 Å². The molecule has 1 heteroatoms. The standard InChI is InChI=1S/C15H22O/c1-10-9-14(2,3)13-11(15(10,4)5)7-6-8-12(13)16/h9H,6-8H2,1-5H3. The summed E-state index contributed by atoms with van der Waals surface area (Å²) in [4.78, 5) is 12.2. The number of allylic oxidation sites excluding steroid dienone is 4. The van der Waals surface area contributed by atoms with Crippen LogP contribution in [0.3, 0.4) is 0 Å². The van der Waals surface area contributed by atoms with Crippen molar-refractivity contribution in [1.82, 2.24) is 0 Å². The van der Waals surface area contributed by atoms with Crippen LogP contribution in [0.2, 0.25) is 0 Å².